The predicted molar refractivity (Wildman–Crippen MR) is 164 cm³/mol. The summed E-state index contributed by atoms with van der Waals surface area (Å²) in [4.78, 5) is 58.0. The van der Waals surface area contributed by atoms with Crippen molar-refractivity contribution in [2.24, 2.45) is 35.0 Å². The number of amides is 4. The number of carbonyl (C=O) groups is 4. The molecule has 6 atom stereocenters. The molecule has 1 N–H and O–H groups in total. The number of imide groups is 2. The van der Waals surface area contributed by atoms with Gasteiger partial charge in [-0.15, -0.1) is 0 Å². The molecule has 2 aliphatic carbocycles. The van der Waals surface area contributed by atoms with Crippen LogP contribution in [0.3, 0.4) is 0 Å². The maximum atomic E-state index is 14.4. The molecule has 3 fully saturated rings. The van der Waals surface area contributed by atoms with E-state index >= 15 is 0 Å². The number of anilines is 1. The quantitative estimate of drug-likeness (QED) is 0.320. The van der Waals surface area contributed by atoms with E-state index in [-0.39, 0.29) is 46.2 Å². The maximum absolute atomic E-state index is 14.4. The van der Waals surface area contributed by atoms with Crippen LogP contribution in [0.5, 0.6) is 17.2 Å². The lowest BCUT2D eigenvalue weighted by atomic mass is 9.52. The van der Waals surface area contributed by atoms with E-state index in [1.54, 1.807) is 25.1 Å². The molecule has 4 amide bonds. The Morgan fingerprint density at radius 1 is 1.04 bits per heavy atom. The van der Waals surface area contributed by atoms with Gasteiger partial charge in [0.2, 0.25) is 29.4 Å². The number of halogens is 2. The van der Waals surface area contributed by atoms with Gasteiger partial charge in [-0.25, -0.2) is 9.29 Å². The number of phenolic OH excluding ortho intramolecular Hbond substituents is 1. The van der Waals surface area contributed by atoms with Crippen molar-refractivity contribution in [3.8, 4) is 17.2 Å². The number of phenols is 1. The number of benzene rings is 2. The van der Waals surface area contributed by atoms with E-state index in [0.717, 1.165) is 16.5 Å². The molecule has 0 radical (unpaired) electrons. The summed E-state index contributed by atoms with van der Waals surface area (Å²) in [6, 6.07) is 6.97. The van der Waals surface area contributed by atoms with Gasteiger partial charge in [0.1, 0.15) is 5.82 Å². The highest BCUT2D eigenvalue weighted by Gasteiger charge is 2.66. The summed E-state index contributed by atoms with van der Waals surface area (Å²) >= 11 is 6.05. The predicted octanol–water partition coefficient (Wildman–Crippen LogP) is 5.39. The van der Waals surface area contributed by atoms with Crippen molar-refractivity contribution in [1.82, 2.24) is 4.90 Å². The van der Waals surface area contributed by atoms with Crippen LogP contribution in [0.25, 0.3) is 6.08 Å². The largest absolute Gasteiger partial charge is 0.502 e. The van der Waals surface area contributed by atoms with Crippen LogP contribution in [0.1, 0.15) is 38.7 Å². The molecule has 236 valence electrons. The van der Waals surface area contributed by atoms with E-state index in [1.165, 1.54) is 31.3 Å². The highest BCUT2D eigenvalue weighted by atomic mass is 35.5. The fourth-order valence-corrected chi connectivity index (χ4v) is 7.99. The Morgan fingerprint density at radius 2 is 1.73 bits per heavy atom. The van der Waals surface area contributed by atoms with Gasteiger partial charge in [0.15, 0.2) is 11.5 Å². The molecule has 2 heterocycles. The Bertz CT molecular complexity index is 1660. The Hall–Kier alpha value is -4.18. The van der Waals surface area contributed by atoms with Crippen molar-refractivity contribution in [1.29, 1.82) is 0 Å². The summed E-state index contributed by atoms with van der Waals surface area (Å²) in [6.45, 7) is 3.99. The number of hydrogen-bond acceptors (Lipinski definition) is 7. The molecule has 0 aromatic heterocycles. The van der Waals surface area contributed by atoms with Crippen molar-refractivity contribution < 1.29 is 38.1 Å². The molecule has 2 aromatic carbocycles. The van der Waals surface area contributed by atoms with Gasteiger partial charge in [-0.1, -0.05) is 42.3 Å². The summed E-state index contributed by atoms with van der Waals surface area (Å²) in [5.74, 6) is -4.83. The summed E-state index contributed by atoms with van der Waals surface area (Å²) in [7, 11) is 2.84. The second-order valence-corrected chi connectivity index (χ2v) is 12.7. The van der Waals surface area contributed by atoms with Crippen LogP contribution in [0.2, 0.25) is 5.02 Å². The van der Waals surface area contributed by atoms with E-state index < -0.39 is 52.6 Å². The zero-order valence-corrected chi connectivity index (χ0v) is 26.1. The first-order valence-electron chi connectivity index (χ1n) is 15.0. The van der Waals surface area contributed by atoms with Crippen LogP contribution in [0, 0.1) is 40.8 Å². The van der Waals surface area contributed by atoms with E-state index in [2.05, 4.69) is 0 Å². The van der Waals surface area contributed by atoms with E-state index in [1.807, 2.05) is 19.1 Å². The second kappa shape index (κ2) is 11.3. The summed E-state index contributed by atoms with van der Waals surface area (Å²) in [5, 5.41) is 10.2. The zero-order valence-electron chi connectivity index (χ0n) is 25.4. The monoisotopic (exact) mass is 636 g/mol. The Kier molecular flexibility index (Phi) is 7.75. The smallest absolute Gasteiger partial charge is 0.241 e. The van der Waals surface area contributed by atoms with Crippen molar-refractivity contribution in [2.45, 2.75) is 33.1 Å². The van der Waals surface area contributed by atoms with Gasteiger partial charge < -0.3 is 14.6 Å². The van der Waals surface area contributed by atoms with Crippen molar-refractivity contribution in [3.05, 3.63) is 64.5 Å². The number of fused-ring (bicyclic) bond motifs is 4. The average molecular weight is 637 g/mol. The third kappa shape index (κ3) is 4.56. The standard InChI is InChI=1S/C34H34ClFN2O7/c1-5-12-37-30(40)20-9-8-19-21(28(20)32(37)42)16-23-31(41)38(18-7-11-25(36)24(35)15-18)33(43)34(23,2)22(19)10-6-17-13-26(44-3)29(39)27(14-17)45-4/h6-8,10-11,13-15,20-23,28,39H,5,9,12,16H2,1-4H3. The number of ether oxygens (including phenoxy) is 2. The lowest BCUT2D eigenvalue weighted by Gasteiger charge is -2.47. The highest BCUT2D eigenvalue weighted by molar-refractivity contribution is 6.31. The molecule has 0 bridgehead atoms. The van der Waals surface area contributed by atoms with E-state index in [4.69, 9.17) is 21.1 Å². The van der Waals surface area contributed by atoms with Gasteiger partial charge in [0.05, 0.1) is 48.1 Å². The third-order valence-electron chi connectivity index (χ3n) is 10.0. The average Bonchev–Trinajstić information content (AvgIpc) is 3.38. The SMILES string of the molecule is CCCN1C(=O)C2CC=C3C(CC4C(=O)N(c5ccc(F)c(Cl)c5)C(=O)C4(C)C3C=Cc3cc(OC)c(O)c(OC)c3)C2C1=O. The van der Waals surface area contributed by atoms with Crippen LogP contribution in [-0.2, 0) is 19.2 Å². The van der Waals surface area contributed by atoms with E-state index in [0.29, 0.717) is 24.9 Å². The molecule has 6 rings (SSSR count). The van der Waals surface area contributed by atoms with Crippen LogP contribution in [0.4, 0.5) is 10.1 Å². The van der Waals surface area contributed by atoms with Crippen molar-refractivity contribution >= 4 is 47.0 Å². The molecule has 45 heavy (non-hydrogen) atoms. The fraction of sp³-hybridized carbons (Fsp3) is 0.412. The van der Waals surface area contributed by atoms with Crippen LogP contribution < -0.4 is 14.4 Å². The first-order chi connectivity index (χ1) is 21.5. The third-order valence-corrected chi connectivity index (χ3v) is 10.3. The van der Waals surface area contributed by atoms with Gasteiger partial charge in [0.25, 0.3) is 0 Å². The molecule has 2 aromatic rings. The molecule has 11 heteroatoms. The number of allylic oxidation sites excluding steroid dienone is 3. The lowest BCUT2D eigenvalue weighted by Crippen LogP contribution is -2.49. The maximum Gasteiger partial charge on any atom is 0.241 e. The molecule has 0 spiro atoms. The van der Waals surface area contributed by atoms with Gasteiger partial charge in [0, 0.05) is 12.5 Å². The molecule has 6 unspecified atom stereocenters. The van der Waals surface area contributed by atoms with Gasteiger partial charge in [-0.05, 0) is 68.0 Å². The zero-order chi connectivity index (χ0) is 32.4. The van der Waals surface area contributed by atoms with E-state index in [9.17, 15) is 28.7 Å². The topological polar surface area (TPSA) is 113 Å². The number of nitrogens with zero attached hydrogens (tertiary/aromatic N) is 2. The minimum Gasteiger partial charge on any atom is -0.502 e. The van der Waals surface area contributed by atoms with Crippen LogP contribution >= 0.6 is 11.6 Å². The number of rotatable bonds is 7. The highest BCUT2D eigenvalue weighted by Crippen LogP contribution is 2.61. The minimum atomic E-state index is -1.26. The molecule has 4 aliphatic rings. The number of hydrogen-bond donors (Lipinski definition) is 1. The Balaban J connectivity index is 1.48. The summed E-state index contributed by atoms with van der Waals surface area (Å²) in [6.07, 6.45) is 6.78. The normalized spacial score (nSPS) is 29.2. The van der Waals surface area contributed by atoms with Crippen molar-refractivity contribution in [3.63, 3.8) is 0 Å². The molecule has 2 aliphatic heterocycles. The Labute approximate surface area is 265 Å². The van der Waals surface area contributed by atoms with Crippen LogP contribution in [-0.4, -0.2) is 54.4 Å². The first kappa shape index (κ1) is 30.8. The van der Waals surface area contributed by atoms with Gasteiger partial charge >= 0.3 is 0 Å². The number of carbonyl (C=O) groups excluding carboxylic acids is 4. The summed E-state index contributed by atoms with van der Waals surface area (Å²) in [5.41, 5.74) is 0.351. The number of methoxy groups -OCH3 is 2. The number of aromatic hydroxyl groups is 1. The van der Waals surface area contributed by atoms with Crippen LogP contribution in [0.15, 0.2) is 48.1 Å². The molecule has 2 saturated heterocycles. The molecule has 9 nitrogen and oxygen atoms in total. The molecular weight excluding hydrogens is 603 g/mol. The fourth-order valence-electron chi connectivity index (χ4n) is 7.82. The molecular formula is C34H34ClFN2O7. The second-order valence-electron chi connectivity index (χ2n) is 12.3. The first-order valence-corrected chi connectivity index (χ1v) is 15.4. The lowest BCUT2D eigenvalue weighted by molar-refractivity contribution is -0.140. The molecule has 1 saturated carbocycles. The Morgan fingerprint density at radius 3 is 2.36 bits per heavy atom. The van der Waals surface area contributed by atoms with Gasteiger partial charge in [-0.3, -0.25) is 24.1 Å². The minimum absolute atomic E-state index is 0.158. The van der Waals surface area contributed by atoms with Gasteiger partial charge in [-0.2, -0.15) is 0 Å². The van der Waals surface area contributed by atoms with Crippen molar-refractivity contribution in [2.75, 3.05) is 25.7 Å². The number of likely N-dealkylation sites (tertiary alicyclic amines) is 1. The summed E-state index contributed by atoms with van der Waals surface area (Å²) < 4.78 is 24.7.